The first-order chi connectivity index (χ1) is 14.5. The maximum absolute atomic E-state index is 12.7. The topological polar surface area (TPSA) is 95.6 Å². The van der Waals surface area contributed by atoms with Crippen LogP contribution in [-0.2, 0) is 24.8 Å². The second-order valence-corrected chi connectivity index (χ2v) is 7.39. The Bertz CT molecular complexity index is 1180. The highest BCUT2D eigenvalue weighted by Crippen LogP contribution is 2.35. The van der Waals surface area contributed by atoms with Crippen molar-refractivity contribution in [2.45, 2.75) is 26.3 Å². The fourth-order valence-electron chi connectivity index (χ4n) is 4.20. The first kappa shape index (κ1) is 19.8. The van der Waals surface area contributed by atoms with Crippen LogP contribution in [0.15, 0.2) is 53.5 Å². The van der Waals surface area contributed by atoms with Crippen molar-refractivity contribution >= 4 is 28.4 Å². The number of carbonyl (C=O) groups excluding carboxylic acids is 1. The van der Waals surface area contributed by atoms with Gasteiger partial charge >= 0.3 is 5.97 Å². The van der Waals surface area contributed by atoms with Gasteiger partial charge in [0, 0.05) is 18.0 Å². The van der Waals surface area contributed by atoms with E-state index in [1.54, 1.807) is 6.92 Å². The molecule has 154 valence electrons. The van der Waals surface area contributed by atoms with Gasteiger partial charge in [-0.1, -0.05) is 42.5 Å². The molecule has 4 N–H and O–H groups in total. The number of aromatic nitrogens is 1. The number of rotatable bonds is 5. The zero-order chi connectivity index (χ0) is 21.3. The van der Waals surface area contributed by atoms with Crippen LogP contribution >= 0.6 is 0 Å². The summed E-state index contributed by atoms with van der Waals surface area (Å²) in [4.78, 5) is 16.9. The monoisotopic (exact) mass is 402 g/mol. The number of nitrogens with zero attached hydrogens (tertiary/aromatic N) is 2. The standard InChI is InChI=1S/C24H26N4O2/c1-3-30-23(29)22-19-12-11-16(13-20(19)28(2)21(22)14-27-24(25)26)18-10-6-8-15-7-4-5-9-17(15)18/h4-5,7,9-13H,3,6,8,14H2,1-2H3,(H4,25,26,27). The average Bonchev–Trinajstić information content (AvgIpc) is 3.03. The number of aryl methyl sites for hydroxylation is 2. The van der Waals surface area contributed by atoms with Crippen molar-refractivity contribution in [3.63, 3.8) is 0 Å². The van der Waals surface area contributed by atoms with Crippen molar-refractivity contribution in [1.82, 2.24) is 4.57 Å². The molecule has 1 aromatic heterocycles. The minimum absolute atomic E-state index is 0.0141. The van der Waals surface area contributed by atoms with Gasteiger partial charge in [0.25, 0.3) is 0 Å². The molecule has 1 aliphatic carbocycles. The van der Waals surface area contributed by atoms with Gasteiger partial charge in [0.1, 0.15) is 0 Å². The lowest BCUT2D eigenvalue weighted by atomic mass is 9.87. The molecule has 6 nitrogen and oxygen atoms in total. The molecule has 30 heavy (non-hydrogen) atoms. The molecule has 3 aromatic rings. The minimum atomic E-state index is -0.362. The van der Waals surface area contributed by atoms with Crippen LogP contribution in [0.25, 0.3) is 16.5 Å². The number of allylic oxidation sites excluding steroid dienone is 1. The SMILES string of the molecule is CCOC(=O)c1c(CN=C(N)N)n(C)c2cc(C3=CCCc4ccccc43)ccc12. The van der Waals surface area contributed by atoms with Crippen LogP contribution in [0.1, 0.15) is 46.1 Å². The molecule has 0 amide bonds. The number of fused-ring (bicyclic) bond motifs is 2. The molecule has 0 unspecified atom stereocenters. The van der Waals surface area contributed by atoms with Crippen LogP contribution in [0.5, 0.6) is 0 Å². The molecular formula is C24H26N4O2. The highest BCUT2D eigenvalue weighted by atomic mass is 16.5. The van der Waals surface area contributed by atoms with Crippen LogP contribution in [0.4, 0.5) is 0 Å². The Balaban J connectivity index is 1.87. The molecule has 0 saturated carbocycles. The molecule has 1 heterocycles. The fraction of sp³-hybridized carbons (Fsp3) is 0.250. The Hall–Kier alpha value is -3.54. The Morgan fingerprint density at radius 3 is 2.77 bits per heavy atom. The lowest BCUT2D eigenvalue weighted by Crippen LogP contribution is -2.23. The zero-order valence-electron chi connectivity index (χ0n) is 17.3. The number of ether oxygens (including phenoxy) is 1. The lowest BCUT2D eigenvalue weighted by Gasteiger charge is -2.18. The largest absolute Gasteiger partial charge is 0.462 e. The van der Waals surface area contributed by atoms with E-state index in [-0.39, 0.29) is 18.5 Å². The van der Waals surface area contributed by atoms with Crippen molar-refractivity contribution < 1.29 is 9.53 Å². The van der Waals surface area contributed by atoms with Gasteiger partial charge < -0.3 is 20.8 Å². The number of hydrogen-bond donors (Lipinski definition) is 2. The van der Waals surface area contributed by atoms with E-state index in [0.29, 0.717) is 12.2 Å². The van der Waals surface area contributed by atoms with Crippen LogP contribution in [0.3, 0.4) is 0 Å². The van der Waals surface area contributed by atoms with Crippen LogP contribution in [0, 0.1) is 0 Å². The van der Waals surface area contributed by atoms with E-state index in [1.165, 1.54) is 16.7 Å². The number of esters is 1. The summed E-state index contributed by atoms with van der Waals surface area (Å²) < 4.78 is 7.29. The Kier molecular flexibility index (Phi) is 5.31. The number of nitrogens with two attached hydrogens (primary N) is 2. The van der Waals surface area contributed by atoms with Crippen LogP contribution in [0.2, 0.25) is 0 Å². The van der Waals surface area contributed by atoms with E-state index >= 15 is 0 Å². The van der Waals surface area contributed by atoms with Crippen molar-refractivity contribution in [3.8, 4) is 0 Å². The Morgan fingerprint density at radius 2 is 2.00 bits per heavy atom. The molecule has 6 heteroatoms. The summed E-state index contributed by atoms with van der Waals surface area (Å²) in [7, 11) is 1.93. The van der Waals surface area contributed by atoms with Crippen molar-refractivity contribution in [1.29, 1.82) is 0 Å². The van der Waals surface area contributed by atoms with Crippen molar-refractivity contribution in [2.24, 2.45) is 23.5 Å². The number of aliphatic imine (C=N–C) groups is 1. The van der Waals surface area contributed by atoms with Gasteiger partial charge in [0.15, 0.2) is 5.96 Å². The third-order valence-electron chi connectivity index (χ3n) is 5.59. The van der Waals surface area contributed by atoms with Crippen molar-refractivity contribution in [3.05, 3.63) is 76.5 Å². The maximum atomic E-state index is 12.7. The summed E-state index contributed by atoms with van der Waals surface area (Å²) in [6, 6.07) is 14.7. The van der Waals surface area contributed by atoms with Gasteiger partial charge in [-0.3, -0.25) is 0 Å². The smallest absolute Gasteiger partial charge is 0.340 e. The first-order valence-corrected chi connectivity index (χ1v) is 10.1. The Labute approximate surface area is 175 Å². The highest BCUT2D eigenvalue weighted by molar-refractivity contribution is 6.07. The van der Waals surface area contributed by atoms with E-state index in [2.05, 4.69) is 47.5 Å². The molecule has 2 aromatic carbocycles. The fourth-order valence-corrected chi connectivity index (χ4v) is 4.20. The second kappa shape index (κ2) is 8.06. The van der Waals surface area contributed by atoms with Crippen LogP contribution < -0.4 is 11.5 Å². The number of hydrogen-bond acceptors (Lipinski definition) is 3. The zero-order valence-corrected chi connectivity index (χ0v) is 17.3. The Morgan fingerprint density at radius 1 is 1.20 bits per heavy atom. The van der Waals surface area contributed by atoms with Gasteiger partial charge in [-0.05, 0) is 48.1 Å². The summed E-state index contributed by atoms with van der Waals surface area (Å²) in [6.45, 7) is 2.31. The average molecular weight is 402 g/mol. The van der Waals surface area contributed by atoms with E-state index in [9.17, 15) is 4.79 Å². The lowest BCUT2D eigenvalue weighted by molar-refractivity contribution is 0.0527. The van der Waals surface area contributed by atoms with Gasteiger partial charge in [-0.2, -0.15) is 0 Å². The maximum Gasteiger partial charge on any atom is 0.340 e. The summed E-state index contributed by atoms with van der Waals surface area (Å²) >= 11 is 0. The summed E-state index contributed by atoms with van der Waals surface area (Å²) in [5.74, 6) is -0.376. The highest BCUT2D eigenvalue weighted by Gasteiger charge is 2.23. The molecule has 4 rings (SSSR count). The molecule has 0 saturated heterocycles. The van der Waals surface area contributed by atoms with Gasteiger partial charge in [-0.25, -0.2) is 9.79 Å². The normalized spacial score (nSPS) is 12.9. The predicted molar refractivity (Wildman–Crippen MR) is 120 cm³/mol. The molecule has 0 fully saturated rings. The van der Waals surface area contributed by atoms with E-state index < -0.39 is 0 Å². The summed E-state index contributed by atoms with van der Waals surface area (Å²) in [6.07, 6.45) is 4.36. The van der Waals surface area contributed by atoms with Gasteiger partial charge in [-0.15, -0.1) is 0 Å². The quantitative estimate of drug-likeness (QED) is 0.388. The van der Waals surface area contributed by atoms with E-state index in [4.69, 9.17) is 16.2 Å². The molecule has 0 spiro atoms. The molecule has 1 aliphatic rings. The number of guanidine groups is 1. The molecule has 0 atom stereocenters. The minimum Gasteiger partial charge on any atom is -0.462 e. The molecule has 0 bridgehead atoms. The van der Waals surface area contributed by atoms with Gasteiger partial charge in [0.05, 0.1) is 24.4 Å². The number of benzene rings is 2. The third-order valence-corrected chi connectivity index (χ3v) is 5.59. The van der Waals surface area contributed by atoms with Crippen molar-refractivity contribution in [2.75, 3.05) is 6.61 Å². The van der Waals surface area contributed by atoms with Gasteiger partial charge in [0.2, 0.25) is 0 Å². The molecule has 0 aliphatic heterocycles. The second-order valence-electron chi connectivity index (χ2n) is 7.39. The van der Waals surface area contributed by atoms with E-state index in [1.807, 2.05) is 17.7 Å². The van der Waals surface area contributed by atoms with Crippen LogP contribution in [-0.4, -0.2) is 23.1 Å². The molecule has 0 radical (unpaired) electrons. The predicted octanol–water partition coefficient (Wildman–Crippen LogP) is 3.51. The molecular weight excluding hydrogens is 376 g/mol. The summed E-state index contributed by atoms with van der Waals surface area (Å²) in [5.41, 5.74) is 18.2. The third kappa shape index (κ3) is 3.45. The first-order valence-electron chi connectivity index (χ1n) is 10.1. The summed E-state index contributed by atoms with van der Waals surface area (Å²) in [5, 5.41) is 0.838. The van der Waals surface area contributed by atoms with E-state index in [0.717, 1.165) is 35.0 Å². The number of carbonyl (C=O) groups is 1.